The molecule has 1 unspecified atom stereocenters. The Labute approximate surface area is 170 Å². The Morgan fingerprint density at radius 3 is 3.18 bits per heavy atom. The summed E-state index contributed by atoms with van der Waals surface area (Å²) in [6.45, 7) is -0.592. The molecule has 2 atom stereocenters. The summed E-state index contributed by atoms with van der Waals surface area (Å²) in [6.07, 6.45) is -1.61. The van der Waals surface area contributed by atoms with Crippen LogP contribution in [0.25, 0.3) is 5.65 Å². The van der Waals surface area contributed by atoms with Crippen LogP contribution in [0.1, 0.15) is 62.0 Å². The molecule has 28 heavy (non-hydrogen) atoms. The Hall–Kier alpha value is -3.03. The van der Waals surface area contributed by atoms with E-state index in [-0.39, 0.29) is 41.1 Å². The first-order valence-corrected chi connectivity index (χ1v) is 8.95. The van der Waals surface area contributed by atoms with Crippen molar-refractivity contribution in [2.24, 2.45) is 0 Å². The van der Waals surface area contributed by atoms with E-state index in [9.17, 15) is 9.18 Å². The lowest BCUT2D eigenvalue weighted by atomic mass is 9.98. The molecule has 1 amide bonds. The van der Waals surface area contributed by atoms with E-state index >= 15 is 0 Å². The lowest BCUT2D eigenvalue weighted by Gasteiger charge is -2.27. The Morgan fingerprint density at radius 1 is 1.39 bits per heavy atom. The van der Waals surface area contributed by atoms with E-state index in [1.54, 1.807) is 0 Å². The minimum absolute atomic E-state index is 0.0299. The van der Waals surface area contributed by atoms with Crippen molar-refractivity contribution in [2.75, 3.05) is 11.4 Å². The molecule has 2 aliphatic rings. The van der Waals surface area contributed by atoms with Gasteiger partial charge in [-0.1, -0.05) is 0 Å². The number of nitrogens with zero attached hydrogens (tertiary/aromatic N) is 5. The van der Waals surface area contributed by atoms with E-state index in [0.717, 1.165) is 12.3 Å². The predicted octanol–water partition coefficient (Wildman–Crippen LogP) is 2.67. The number of aryl methyl sites for hydroxylation is 1. The zero-order chi connectivity index (χ0) is 24.6. The van der Waals surface area contributed by atoms with Gasteiger partial charge >= 0.3 is 0 Å². The van der Waals surface area contributed by atoms with Gasteiger partial charge in [-0.15, -0.1) is 0 Å². The summed E-state index contributed by atoms with van der Waals surface area (Å²) < 4.78 is 67.5. The number of carbonyl (C=O) groups excluding carboxylic acids is 1. The molecule has 1 N–H and O–H groups in total. The maximum absolute atomic E-state index is 14.4. The van der Waals surface area contributed by atoms with Crippen molar-refractivity contribution in [1.82, 2.24) is 24.9 Å². The minimum Gasteiger partial charge on any atom is -0.349 e. The van der Waals surface area contributed by atoms with Crippen molar-refractivity contribution < 1.29 is 17.4 Å². The smallest absolute Gasteiger partial charge is 0.256 e. The molecule has 8 heteroatoms. The molecule has 3 aromatic rings. The Morgan fingerprint density at radius 2 is 2.29 bits per heavy atom. The van der Waals surface area contributed by atoms with Gasteiger partial charge in [0, 0.05) is 32.7 Å². The summed E-state index contributed by atoms with van der Waals surface area (Å²) >= 11 is 0. The molecule has 0 radical (unpaired) electrons. The first kappa shape index (κ1) is 11.7. The van der Waals surface area contributed by atoms with E-state index in [1.165, 1.54) is 34.8 Å². The Kier molecular flexibility index (Phi) is 2.74. The summed E-state index contributed by atoms with van der Waals surface area (Å²) in [6, 6.07) is 0.390. The monoisotopic (exact) mass is 386 g/mol. The van der Waals surface area contributed by atoms with Crippen molar-refractivity contribution in [1.29, 1.82) is 0 Å². The molecule has 7 nitrogen and oxygen atoms in total. The van der Waals surface area contributed by atoms with Gasteiger partial charge in [0.2, 0.25) is 0 Å². The summed E-state index contributed by atoms with van der Waals surface area (Å²) in [4.78, 5) is 22.8. The number of nitrogens with one attached hydrogen (secondary N) is 1. The van der Waals surface area contributed by atoms with Gasteiger partial charge in [0.1, 0.15) is 17.2 Å². The van der Waals surface area contributed by atoms with Gasteiger partial charge in [0.25, 0.3) is 5.91 Å². The SMILES string of the molecule is [2H]C1([2H])CCC2c3cc(F)cnc3C([2H])([2H])C([2H])([2H])[C@@H](C)NC(=O)c3cnn4ccc(nc34)N21. The Bertz CT molecular complexity index is 1310. The number of pyridine rings is 1. The molecule has 0 saturated carbocycles. The topological polar surface area (TPSA) is 75.4 Å². The van der Waals surface area contributed by atoms with Crippen LogP contribution in [0.4, 0.5) is 10.2 Å². The summed E-state index contributed by atoms with van der Waals surface area (Å²) in [5.41, 5.74) is -0.161. The van der Waals surface area contributed by atoms with E-state index in [1.807, 2.05) is 0 Å². The molecule has 5 heterocycles. The molecule has 0 aromatic carbocycles. The van der Waals surface area contributed by atoms with Crippen molar-refractivity contribution in [3.63, 3.8) is 0 Å². The zero-order valence-corrected chi connectivity index (χ0v) is 15.0. The fourth-order valence-electron chi connectivity index (χ4n) is 3.55. The summed E-state index contributed by atoms with van der Waals surface area (Å²) in [5.74, 6) is -1.31. The van der Waals surface area contributed by atoms with Gasteiger partial charge in [-0.3, -0.25) is 9.78 Å². The standard InChI is InChI=1S/C20H21FN6O/c1-12-4-5-16-14(9-13(21)10-22-16)17-3-2-7-26(17)18-6-8-27-19(25-18)15(11-23-27)20(28)24-12/h6,8-12,17H,2-5,7H2,1H3,(H,24,28)/t12-,17?/m1/s1/i4D2,5D2,7D2. The van der Waals surface area contributed by atoms with Gasteiger partial charge < -0.3 is 10.2 Å². The highest BCUT2D eigenvalue weighted by Gasteiger charge is 2.31. The molecule has 1 fully saturated rings. The number of fused-ring (bicyclic) bond motifs is 5. The summed E-state index contributed by atoms with van der Waals surface area (Å²) in [5, 5.41) is 6.59. The number of aromatic nitrogens is 4. The van der Waals surface area contributed by atoms with E-state index in [2.05, 4.69) is 20.4 Å². The maximum atomic E-state index is 14.4. The molecule has 2 aliphatic heterocycles. The zero-order valence-electron chi connectivity index (χ0n) is 21.0. The van der Waals surface area contributed by atoms with Crippen LogP contribution in [0.5, 0.6) is 0 Å². The lowest BCUT2D eigenvalue weighted by molar-refractivity contribution is 0.0940. The van der Waals surface area contributed by atoms with Crippen LogP contribution in [0.15, 0.2) is 30.7 Å². The van der Waals surface area contributed by atoms with Gasteiger partial charge in [-0.25, -0.2) is 13.9 Å². The average molecular weight is 386 g/mol. The number of rotatable bonds is 0. The third-order valence-electron chi connectivity index (χ3n) is 4.85. The van der Waals surface area contributed by atoms with Crippen molar-refractivity contribution >= 4 is 17.4 Å². The van der Waals surface area contributed by atoms with Crippen molar-refractivity contribution in [3.8, 4) is 0 Å². The van der Waals surface area contributed by atoms with Gasteiger partial charge in [0.15, 0.2) is 5.65 Å². The number of anilines is 1. The molecule has 0 aliphatic carbocycles. The van der Waals surface area contributed by atoms with Gasteiger partial charge in [-0.2, -0.15) is 5.10 Å². The highest BCUT2D eigenvalue weighted by molar-refractivity contribution is 5.99. The maximum Gasteiger partial charge on any atom is 0.256 e. The van der Waals surface area contributed by atoms with Crippen LogP contribution in [-0.4, -0.2) is 38.0 Å². The largest absolute Gasteiger partial charge is 0.349 e. The highest BCUT2D eigenvalue weighted by atomic mass is 19.1. The molecule has 5 rings (SSSR count). The molecule has 3 aromatic heterocycles. The third-order valence-corrected chi connectivity index (χ3v) is 4.85. The van der Waals surface area contributed by atoms with Crippen LogP contribution in [0.3, 0.4) is 0 Å². The number of hydrogen-bond donors (Lipinski definition) is 1. The van der Waals surface area contributed by atoms with Gasteiger partial charge in [0.05, 0.1) is 18.4 Å². The first-order chi connectivity index (χ1) is 15.8. The van der Waals surface area contributed by atoms with Crippen LogP contribution in [0.2, 0.25) is 0 Å². The number of amides is 1. The van der Waals surface area contributed by atoms with E-state index < -0.39 is 43.1 Å². The van der Waals surface area contributed by atoms with Crippen molar-refractivity contribution in [3.05, 3.63) is 53.4 Å². The predicted molar refractivity (Wildman–Crippen MR) is 102 cm³/mol. The van der Waals surface area contributed by atoms with Crippen LogP contribution in [-0.2, 0) is 6.37 Å². The molecule has 2 bridgehead atoms. The molecule has 144 valence electrons. The molecular formula is C20H21FN6O. The van der Waals surface area contributed by atoms with Crippen LogP contribution >= 0.6 is 0 Å². The van der Waals surface area contributed by atoms with Gasteiger partial charge in [-0.05, 0) is 50.2 Å². The fourth-order valence-corrected chi connectivity index (χ4v) is 3.55. The summed E-state index contributed by atoms with van der Waals surface area (Å²) in [7, 11) is 0. The number of carbonyl (C=O) groups is 1. The molecular weight excluding hydrogens is 359 g/mol. The Balaban J connectivity index is 1.83. The second-order valence-electron chi connectivity index (χ2n) is 6.75. The first-order valence-electron chi connectivity index (χ1n) is 11.9. The number of halogens is 1. The minimum atomic E-state index is -2.77. The lowest BCUT2D eigenvalue weighted by Crippen LogP contribution is -2.33. The van der Waals surface area contributed by atoms with Crippen LogP contribution < -0.4 is 10.2 Å². The number of hydrogen-bond acceptors (Lipinski definition) is 5. The van der Waals surface area contributed by atoms with E-state index in [4.69, 9.17) is 8.22 Å². The normalized spacial score (nSPS) is 30.8. The molecule has 1 saturated heterocycles. The second-order valence-corrected chi connectivity index (χ2v) is 6.75. The highest BCUT2D eigenvalue weighted by Crippen LogP contribution is 2.37. The second kappa shape index (κ2) is 6.54. The van der Waals surface area contributed by atoms with E-state index in [0.29, 0.717) is 0 Å². The quantitative estimate of drug-likeness (QED) is 0.643. The van der Waals surface area contributed by atoms with Crippen molar-refractivity contribution in [2.45, 2.75) is 44.6 Å². The average Bonchev–Trinajstić information content (AvgIpc) is 3.32. The third kappa shape index (κ3) is 2.80. The molecule has 0 spiro atoms. The van der Waals surface area contributed by atoms with Crippen LogP contribution in [0, 0.1) is 5.82 Å². The fraction of sp³-hybridized carbons (Fsp3) is 0.400.